The number of hydrogen-bond donors (Lipinski definition) is 2. The minimum absolute atomic E-state index is 0.424. The number of rotatable bonds is 4. The van der Waals surface area contributed by atoms with Gasteiger partial charge in [-0.3, -0.25) is 0 Å². The summed E-state index contributed by atoms with van der Waals surface area (Å²) in [6.45, 7) is 3.07. The van der Waals surface area contributed by atoms with E-state index in [0.717, 1.165) is 43.2 Å². The van der Waals surface area contributed by atoms with E-state index in [0.29, 0.717) is 6.04 Å². The SMILES string of the molecule is CCc1cc(NCC2CC(N)C2)ncn1. The van der Waals surface area contributed by atoms with Crippen LogP contribution in [0.1, 0.15) is 25.5 Å². The molecule has 1 aromatic heterocycles. The van der Waals surface area contributed by atoms with Gasteiger partial charge < -0.3 is 11.1 Å². The van der Waals surface area contributed by atoms with Gasteiger partial charge in [0, 0.05) is 24.3 Å². The number of aromatic nitrogens is 2. The van der Waals surface area contributed by atoms with Crippen LogP contribution >= 0.6 is 0 Å². The summed E-state index contributed by atoms with van der Waals surface area (Å²) in [4.78, 5) is 8.34. The maximum atomic E-state index is 5.73. The molecule has 4 nitrogen and oxygen atoms in total. The highest BCUT2D eigenvalue weighted by Gasteiger charge is 2.25. The summed E-state index contributed by atoms with van der Waals surface area (Å²) >= 11 is 0. The van der Waals surface area contributed by atoms with Gasteiger partial charge >= 0.3 is 0 Å². The predicted octanol–water partition coefficient (Wildman–Crippen LogP) is 1.19. The third-order valence-corrected chi connectivity index (χ3v) is 2.93. The van der Waals surface area contributed by atoms with E-state index in [4.69, 9.17) is 5.73 Å². The van der Waals surface area contributed by atoms with Crippen molar-refractivity contribution in [2.24, 2.45) is 11.7 Å². The molecular formula is C11H18N4. The van der Waals surface area contributed by atoms with Crippen LogP contribution in [0.25, 0.3) is 0 Å². The highest BCUT2D eigenvalue weighted by Crippen LogP contribution is 2.25. The Balaban J connectivity index is 1.82. The van der Waals surface area contributed by atoms with E-state index in [1.807, 2.05) is 6.07 Å². The molecule has 4 heteroatoms. The number of nitrogens with two attached hydrogens (primary N) is 1. The number of nitrogens with zero attached hydrogens (tertiary/aromatic N) is 2. The van der Waals surface area contributed by atoms with E-state index in [-0.39, 0.29) is 0 Å². The molecule has 1 heterocycles. The first-order valence-electron chi connectivity index (χ1n) is 5.58. The molecule has 0 aromatic carbocycles. The summed E-state index contributed by atoms with van der Waals surface area (Å²) in [7, 11) is 0. The minimum atomic E-state index is 0.424. The van der Waals surface area contributed by atoms with Gasteiger partial charge in [0.25, 0.3) is 0 Å². The molecule has 0 unspecified atom stereocenters. The van der Waals surface area contributed by atoms with Crippen molar-refractivity contribution < 1.29 is 0 Å². The fourth-order valence-corrected chi connectivity index (χ4v) is 1.89. The number of nitrogens with one attached hydrogen (secondary N) is 1. The molecule has 3 N–H and O–H groups in total. The second kappa shape index (κ2) is 4.57. The number of hydrogen-bond acceptors (Lipinski definition) is 4. The van der Waals surface area contributed by atoms with Gasteiger partial charge in [-0.1, -0.05) is 6.92 Å². The van der Waals surface area contributed by atoms with Crippen LogP contribution in [0, 0.1) is 5.92 Å². The smallest absolute Gasteiger partial charge is 0.129 e. The van der Waals surface area contributed by atoms with Gasteiger partial charge in [0.15, 0.2) is 0 Å². The lowest BCUT2D eigenvalue weighted by atomic mass is 9.81. The van der Waals surface area contributed by atoms with Crippen LogP contribution in [-0.4, -0.2) is 22.6 Å². The Morgan fingerprint density at radius 2 is 2.27 bits per heavy atom. The molecule has 0 atom stereocenters. The van der Waals surface area contributed by atoms with E-state index in [9.17, 15) is 0 Å². The van der Waals surface area contributed by atoms with E-state index in [2.05, 4.69) is 22.2 Å². The molecule has 0 saturated heterocycles. The maximum absolute atomic E-state index is 5.73. The second-order valence-corrected chi connectivity index (χ2v) is 4.23. The first kappa shape index (κ1) is 10.4. The third kappa shape index (κ3) is 2.65. The normalized spacial score (nSPS) is 24.7. The zero-order valence-electron chi connectivity index (χ0n) is 9.11. The van der Waals surface area contributed by atoms with Gasteiger partial charge in [0.05, 0.1) is 0 Å². The van der Waals surface area contributed by atoms with Gasteiger partial charge in [-0.05, 0) is 25.2 Å². The summed E-state index contributed by atoms with van der Waals surface area (Å²) in [6.07, 6.45) is 4.84. The molecule has 1 aromatic rings. The van der Waals surface area contributed by atoms with Gasteiger partial charge in [0.1, 0.15) is 12.1 Å². The minimum Gasteiger partial charge on any atom is -0.370 e. The van der Waals surface area contributed by atoms with Crippen molar-refractivity contribution in [3.8, 4) is 0 Å². The average molecular weight is 206 g/mol. The number of aryl methyl sites for hydroxylation is 1. The fourth-order valence-electron chi connectivity index (χ4n) is 1.89. The van der Waals surface area contributed by atoms with Gasteiger partial charge in [-0.15, -0.1) is 0 Å². The van der Waals surface area contributed by atoms with Crippen molar-refractivity contribution >= 4 is 5.82 Å². The monoisotopic (exact) mass is 206 g/mol. The van der Waals surface area contributed by atoms with Crippen molar-refractivity contribution in [2.75, 3.05) is 11.9 Å². The molecule has 0 radical (unpaired) electrons. The van der Waals surface area contributed by atoms with E-state index in [1.54, 1.807) is 6.33 Å². The van der Waals surface area contributed by atoms with Crippen molar-refractivity contribution in [1.82, 2.24) is 9.97 Å². The molecule has 0 amide bonds. The summed E-state index contributed by atoms with van der Waals surface area (Å²) in [5, 5.41) is 3.34. The van der Waals surface area contributed by atoms with Crippen LogP contribution in [0.5, 0.6) is 0 Å². The van der Waals surface area contributed by atoms with Crippen molar-refractivity contribution in [2.45, 2.75) is 32.2 Å². The largest absolute Gasteiger partial charge is 0.370 e. The average Bonchev–Trinajstić information content (AvgIpc) is 2.23. The first-order valence-corrected chi connectivity index (χ1v) is 5.58. The molecule has 1 fully saturated rings. The lowest BCUT2D eigenvalue weighted by Crippen LogP contribution is -2.39. The lowest BCUT2D eigenvalue weighted by Gasteiger charge is -2.32. The van der Waals surface area contributed by atoms with Gasteiger partial charge in [-0.2, -0.15) is 0 Å². The Labute approximate surface area is 90.3 Å². The van der Waals surface area contributed by atoms with Crippen LogP contribution < -0.4 is 11.1 Å². The van der Waals surface area contributed by atoms with Crippen LogP contribution in [0.3, 0.4) is 0 Å². The molecule has 2 rings (SSSR count). The second-order valence-electron chi connectivity index (χ2n) is 4.23. The highest BCUT2D eigenvalue weighted by molar-refractivity contribution is 5.34. The summed E-state index contributed by atoms with van der Waals surface area (Å²) in [5.41, 5.74) is 6.81. The Bertz CT molecular complexity index is 320. The molecule has 1 aliphatic rings. The summed E-state index contributed by atoms with van der Waals surface area (Å²) < 4.78 is 0. The van der Waals surface area contributed by atoms with E-state index >= 15 is 0 Å². The molecule has 0 bridgehead atoms. The topological polar surface area (TPSA) is 63.8 Å². The molecule has 0 aliphatic heterocycles. The van der Waals surface area contributed by atoms with E-state index < -0.39 is 0 Å². The first-order chi connectivity index (χ1) is 7.28. The molecule has 1 saturated carbocycles. The van der Waals surface area contributed by atoms with Crippen molar-refractivity contribution in [3.63, 3.8) is 0 Å². The standard InChI is InChI=1S/C11H18N4/c1-2-10-5-11(15-7-14-10)13-6-8-3-9(12)4-8/h5,7-9H,2-4,6,12H2,1H3,(H,13,14,15). The van der Waals surface area contributed by atoms with Crippen LogP contribution in [-0.2, 0) is 6.42 Å². The Morgan fingerprint density at radius 3 is 2.93 bits per heavy atom. The van der Waals surface area contributed by atoms with Crippen LogP contribution in [0.2, 0.25) is 0 Å². The predicted molar refractivity (Wildman–Crippen MR) is 60.6 cm³/mol. The Hall–Kier alpha value is -1.16. The number of anilines is 1. The van der Waals surface area contributed by atoms with Crippen LogP contribution in [0.15, 0.2) is 12.4 Å². The van der Waals surface area contributed by atoms with Crippen LogP contribution in [0.4, 0.5) is 5.82 Å². The zero-order valence-corrected chi connectivity index (χ0v) is 9.11. The maximum Gasteiger partial charge on any atom is 0.129 e. The van der Waals surface area contributed by atoms with Crippen molar-refractivity contribution in [3.05, 3.63) is 18.1 Å². The van der Waals surface area contributed by atoms with E-state index in [1.165, 1.54) is 0 Å². The van der Waals surface area contributed by atoms with Gasteiger partial charge in [-0.25, -0.2) is 9.97 Å². The third-order valence-electron chi connectivity index (χ3n) is 2.93. The molecule has 15 heavy (non-hydrogen) atoms. The molecule has 82 valence electrons. The quantitative estimate of drug-likeness (QED) is 0.776. The Kier molecular flexibility index (Phi) is 3.16. The zero-order chi connectivity index (χ0) is 10.7. The molecule has 0 spiro atoms. The molecule has 1 aliphatic carbocycles. The summed E-state index contributed by atoms with van der Waals surface area (Å²) in [5.74, 6) is 1.65. The lowest BCUT2D eigenvalue weighted by molar-refractivity contribution is 0.280. The summed E-state index contributed by atoms with van der Waals surface area (Å²) in [6, 6.07) is 2.44. The van der Waals surface area contributed by atoms with Gasteiger partial charge in [0.2, 0.25) is 0 Å². The molecular weight excluding hydrogens is 188 g/mol. The Morgan fingerprint density at radius 1 is 1.47 bits per heavy atom. The highest BCUT2D eigenvalue weighted by atomic mass is 15.0. The fraction of sp³-hybridized carbons (Fsp3) is 0.636. The van der Waals surface area contributed by atoms with Crippen molar-refractivity contribution in [1.29, 1.82) is 0 Å².